The van der Waals surface area contributed by atoms with Crippen molar-refractivity contribution in [3.05, 3.63) is 65.7 Å². The van der Waals surface area contributed by atoms with Crippen LogP contribution < -0.4 is 4.74 Å². The van der Waals surface area contributed by atoms with Crippen LogP contribution in [0.25, 0.3) is 0 Å². The third-order valence-electron chi connectivity index (χ3n) is 3.43. The van der Waals surface area contributed by atoms with Gasteiger partial charge >= 0.3 is 0 Å². The highest BCUT2D eigenvalue weighted by atomic mass is 16.7. The third-order valence-corrected chi connectivity index (χ3v) is 3.43. The minimum Gasteiger partial charge on any atom is -0.491 e. The average molecular weight is 284 g/mol. The van der Waals surface area contributed by atoms with Crippen LogP contribution in [0.2, 0.25) is 0 Å². The second-order valence-electron chi connectivity index (χ2n) is 5.37. The topological polar surface area (TPSA) is 27.7 Å². The van der Waals surface area contributed by atoms with Gasteiger partial charge in [-0.15, -0.1) is 0 Å². The molecule has 2 aromatic carbocycles. The van der Waals surface area contributed by atoms with Crippen LogP contribution >= 0.6 is 0 Å². The zero-order chi connectivity index (χ0) is 14.7. The van der Waals surface area contributed by atoms with Crippen molar-refractivity contribution in [3.63, 3.8) is 0 Å². The Kier molecular flexibility index (Phi) is 3.95. The number of rotatable bonds is 4. The maximum atomic E-state index is 5.99. The monoisotopic (exact) mass is 284 g/mol. The molecule has 1 aliphatic rings. The Morgan fingerprint density at radius 2 is 1.57 bits per heavy atom. The van der Waals surface area contributed by atoms with Gasteiger partial charge in [0.25, 0.3) is 0 Å². The summed E-state index contributed by atoms with van der Waals surface area (Å²) in [5, 5.41) is 0. The summed E-state index contributed by atoms with van der Waals surface area (Å²) >= 11 is 0. The number of ether oxygens (including phenoxy) is 3. The molecule has 0 bridgehead atoms. The fourth-order valence-electron chi connectivity index (χ4n) is 2.62. The molecule has 21 heavy (non-hydrogen) atoms. The molecule has 1 aliphatic heterocycles. The minimum absolute atomic E-state index is 0.137. The smallest absolute Gasteiger partial charge is 0.222 e. The first kappa shape index (κ1) is 14.1. The van der Waals surface area contributed by atoms with Crippen LogP contribution in [0.3, 0.4) is 0 Å². The second-order valence-corrected chi connectivity index (χ2v) is 5.37. The van der Waals surface area contributed by atoms with E-state index in [1.165, 1.54) is 0 Å². The lowest BCUT2D eigenvalue weighted by atomic mass is 9.97. The molecule has 0 spiro atoms. The highest BCUT2D eigenvalue weighted by Gasteiger charge is 2.40. The summed E-state index contributed by atoms with van der Waals surface area (Å²) in [7, 11) is 0. The van der Waals surface area contributed by atoms with Gasteiger partial charge in [-0.1, -0.05) is 42.5 Å². The van der Waals surface area contributed by atoms with Crippen LogP contribution in [0, 0.1) is 0 Å². The molecular weight excluding hydrogens is 264 g/mol. The molecule has 0 N–H and O–H groups in total. The lowest BCUT2D eigenvalue weighted by Gasteiger charge is -2.28. The van der Waals surface area contributed by atoms with Gasteiger partial charge in [0.1, 0.15) is 5.75 Å². The maximum absolute atomic E-state index is 5.99. The SMILES string of the molecule is CC(C)Oc1cccc(C2(c3ccccc3)OCCO2)c1. The molecule has 0 unspecified atom stereocenters. The third kappa shape index (κ3) is 2.80. The fraction of sp³-hybridized carbons (Fsp3) is 0.333. The zero-order valence-electron chi connectivity index (χ0n) is 12.4. The van der Waals surface area contributed by atoms with E-state index in [1.807, 2.05) is 68.4 Å². The van der Waals surface area contributed by atoms with Crippen molar-refractivity contribution in [1.29, 1.82) is 0 Å². The van der Waals surface area contributed by atoms with Crippen molar-refractivity contribution in [2.45, 2.75) is 25.7 Å². The molecule has 3 heteroatoms. The summed E-state index contributed by atoms with van der Waals surface area (Å²) in [4.78, 5) is 0. The normalized spacial score (nSPS) is 17.1. The lowest BCUT2D eigenvalue weighted by molar-refractivity contribution is -0.130. The molecule has 2 aromatic rings. The van der Waals surface area contributed by atoms with Crippen molar-refractivity contribution in [2.24, 2.45) is 0 Å². The van der Waals surface area contributed by atoms with Gasteiger partial charge in [0.15, 0.2) is 0 Å². The van der Waals surface area contributed by atoms with E-state index in [-0.39, 0.29) is 6.10 Å². The van der Waals surface area contributed by atoms with E-state index in [0.29, 0.717) is 13.2 Å². The standard InChI is InChI=1S/C18H20O3/c1-14(2)21-17-10-6-9-16(13-17)18(19-11-12-20-18)15-7-4-3-5-8-15/h3-10,13-14H,11-12H2,1-2H3. The fourth-order valence-corrected chi connectivity index (χ4v) is 2.62. The van der Waals surface area contributed by atoms with Gasteiger partial charge < -0.3 is 14.2 Å². The van der Waals surface area contributed by atoms with Crippen LogP contribution in [0.15, 0.2) is 54.6 Å². The highest BCUT2D eigenvalue weighted by Crippen LogP contribution is 2.39. The number of hydrogen-bond donors (Lipinski definition) is 0. The van der Waals surface area contributed by atoms with E-state index in [4.69, 9.17) is 14.2 Å². The van der Waals surface area contributed by atoms with E-state index in [2.05, 4.69) is 0 Å². The first-order valence-corrected chi connectivity index (χ1v) is 7.31. The molecule has 1 heterocycles. The Balaban J connectivity index is 2.02. The molecule has 0 aliphatic carbocycles. The summed E-state index contributed by atoms with van der Waals surface area (Å²) in [5.74, 6) is 0.00865. The molecule has 0 aromatic heterocycles. The lowest BCUT2D eigenvalue weighted by Crippen LogP contribution is -2.28. The predicted octanol–water partition coefficient (Wildman–Crippen LogP) is 3.72. The van der Waals surface area contributed by atoms with Crippen molar-refractivity contribution < 1.29 is 14.2 Å². The van der Waals surface area contributed by atoms with Gasteiger partial charge in [-0.25, -0.2) is 0 Å². The van der Waals surface area contributed by atoms with E-state index < -0.39 is 5.79 Å². The molecule has 3 nitrogen and oxygen atoms in total. The van der Waals surface area contributed by atoms with Crippen LogP contribution in [-0.4, -0.2) is 19.3 Å². The van der Waals surface area contributed by atoms with Crippen molar-refractivity contribution in [2.75, 3.05) is 13.2 Å². The Morgan fingerprint density at radius 1 is 0.905 bits per heavy atom. The van der Waals surface area contributed by atoms with Gasteiger partial charge in [0.05, 0.1) is 19.3 Å². The predicted molar refractivity (Wildman–Crippen MR) is 81.3 cm³/mol. The highest BCUT2D eigenvalue weighted by molar-refractivity contribution is 5.38. The summed E-state index contributed by atoms with van der Waals surface area (Å²) < 4.78 is 17.8. The molecule has 1 saturated heterocycles. The first-order valence-electron chi connectivity index (χ1n) is 7.31. The molecule has 0 radical (unpaired) electrons. The molecule has 0 atom stereocenters. The quantitative estimate of drug-likeness (QED) is 0.856. The summed E-state index contributed by atoms with van der Waals surface area (Å²) in [6.07, 6.45) is 0.137. The Labute approximate surface area is 125 Å². The second kappa shape index (κ2) is 5.88. The minimum atomic E-state index is -0.822. The number of benzene rings is 2. The molecule has 1 fully saturated rings. The molecule has 0 amide bonds. The number of hydrogen-bond acceptors (Lipinski definition) is 3. The summed E-state index contributed by atoms with van der Waals surface area (Å²) in [5.41, 5.74) is 1.97. The Morgan fingerprint density at radius 3 is 2.24 bits per heavy atom. The Bertz CT molecular complexity index is 586. The average Bonchev–Trinajstić information content (AvgIpc) is 2.99. The van der Waals surface area contributed by atoms with Crippen LogP contribution in [0.4, 0.5) is 0 Å². The van der Waals surface area contributed by atoms with Crippen LogP contribution in [0.1, 0.15) is 25.0 Å². The van der Waals surface area contributed by atoms with E-state index in [9.17, 15) is 0 Å². The van der Waals surface area contributed by atoms with Crippen LogP contribution in [-0.2, 0) is 15.3 Å². The van der Waals surface area contributed by atoms with E-state index in [1.54, 1.807) is 0 Å². The molecule has 110 valence electrons. The van der Waals surface area contributed by atoms with Crippen molar-refractivity contribution in [1.82, 2.24) is 0 Å². The molecule has 3 rings (SSSR count). The van der Waals surface area contributed by atoms with Gasteiger partial charge in [-0.2, -0.15) is 0 Å². The first-order chi connectivity index (χ1) is 10.2. The zero-order valence-corrected chi connectivity index (χ0v) is 12.4. The van der Waals surface area contributed by atoms with E-state index >= 15 is 0 Å². The molecular formula is C18H20O3. The van der Waals surface area contributed by atoms with Gasteiger partial charge in [-0.05, 0) is 26.0 Å². The largest absolute Gasteiger partial charge is 0.491 e. The molecule has 0 saturated carbocycles. The van der Waals surface area contributed by atoms with Gasteiger partial charge in [0.2, 0.25) is 5.79 Å². The maximum Gasteiger partial charge on any atom is 0.222 e. The summed E-state index contributed by atoms with van der Waals surface area (Å²) in [6, 6.07) is 18.0. The van der Waals surface area contributed by atoms with Crippen LogP contribution in [0.5, 0.6) is 5.75 Å². The van der Waals surface area contributed by atoms with Crippen molar-refractivity contribution in [3.8, 4) is 5.75 Å². The Hall–Kier alpha value is -1.84. The van der Waals surface area contributed by atoms with Gasteiger partial charge in [-0.3, -0.25) is 0 Å². The summed E-state index contributed by atoms with van der Waals surface area (Å²) in [6.45, 7) is 5.21. The van der Waals surface area contributed by atoms with Crippen molar-refractivity contribution >= 4 is 0 Å². The van der Waals surface area contributed by atoms with E-state index in [0.717, 1.165) is 16.9 Å². The van der Waals surface area contributed by atoms with Gasteiger partial charge in [0, 0.05) is 11.1 Å².